The van der Waals surface area contributed by atoms with E-state index in [0.717, 1.165) is 29.8 Å². The SMILES string of the molecule is Cc1nc(-c2ccccc2)ccc1C(=O)NC(CCO)C1CC1. The van der Waals surface area contributed by atoms with Gasteiger partial charge in [0, 0.05) is 18.2 Å². The Hall–Kier alpha value is -2.20. The molecule has 1 aromatic heterocycles. The van der Waals surface area contributed by atoms with Gasteiger partial charge in [0.05, 0.1) is 17.0 Å². The van der Waals surface area contributed by atoms with Gasteiger partial charge in [-0.15, -0.1) is 0 Å². The number of amides is 1. The number of rotatable bonds is 6. The maximum atomic E-state index is 12.5. The van der Waals surface area contributed by atoms with Crippen molar-refractivity contribution in [3.8, 4) is 11.3 Å². The Morgan fingerprint density at radius 2 is 2.00 bits per heavy atom. The van der Waals surface area contributed by atoms with Gasteiger partial charge in [0.2, 0.25) is 0 Å². The summed E-state index contributed by atoms with van der Waals surface area (Å²) in [5, 5.41) is 12.2. The van der Waals surface area contributed by atoms with Gasteiger partial charge in [0.1, 0.15) is 0 Å². The molecule has 2 N–H and O–H groups in total. The highest BCUT2D eigenvalue weighted by molar-refractivity contribution is 5.95. The summed E-state index contributed by atoms with van der Waals surface area (Å²) in [7, 11) is 0. The number of aliphatic hydroxyl groups is 1. The third kappa shape index (κ3) is 3.77. The Labute approximate surface area is 136 Å². The number of carbonyl (C=O) groups excluding carboxylic acids is 1. The molecule has 120 valence electrons. The van der Waals surface area contributed by atoms with E-state index in [9.17, 15) is 4.79 Å². The quantitative estimate of drug-likeness (QED) is 0.862. The van der Waals surface area contributed by atoms with Gasteiger partial charge in [-0.2, -0.15) is 0 Å². The number of aromatic nitrogens is 1. The van der Waals surface area contributed by atoms with Crippen molar-refractivity contribution in [3.05, 3.63) is 53.7 Å². The van der Waals surface area contributed by atoms with Crippen LogP contribution in [-0.4, -0.2) is 28.6 Å². The van der Waals surface area contributed by atoms with Crippen molar-refractivity contribution in [3.63, 3.8) is 0 Å². The van der Waals surface area contributed by atoms with Gasteiger partial charge in [-0.1, -0.05) is 30.3 Å². The first-order valence-corrected chi connectivity index (χ1v) is 8.14. The van der Waals surface area contributed by atoms with E-state index in [2.05, 4.69) is 10.3 Å². The highest BCUT2D eigenvalue weighted by atomic mass is 16.3. The van der Waals surface area contributed by atoms with Gasteiger partial charge < -0.3 is 10.4 Å². The largest absolute Gasteiger partial charge is 0.396 e. The summed E-state index contributed by atoms with van der Waals surface area (Å²) in [6.45, 7) is 1.96. The molecule has 4 nitrogen and oxygen atoms in total. The molecule has 1 aliphatic rings. The van der Waals surface area contributed by atoms with Gasteiger partial charge >= 0.3 is 0 Å². The van der Waals surface area contributed by atoms with Crippen molar-refractivity contribution in [1.29, 1.82) is 0 Å². The summed E-state index contributed by atoms with van der Waals surface area (Å²) >= 11 is 0. The molecule has 23 heavy (non-hydrogen) atoms. The minimum Gasteiger partial charge on any atom is -0.396 e. The molecular weight excluding hydrogens is 288 g/mol. The predicted molar refractivity (Wildman–Crippen MR) is 90.1 cm³/mol. The van der Waals surface area contributed by atoms with E-state index >= 15 is 0 Å². The Balaban J connectivity index is 1.76. The smallest absolute Gasteiger partial charge is 0.253 e. The fraction of sp³-hybridized carbons (Fsp3) is 0.368. The summed E-state index contributed by atoms with van der Waals surface area (Å²) in [4.78, 5) is 17.1. The van der Waals surface area contributed by atoms with Gasteiger partial charge in [0.15, 0.2) is 0 Å². The van der Waals surface area contributed by atoms with Crippen LogP contribution in [0.4, 0.5) is 0 Å². The molecule has 1 unspecified atom stereocenters. The van der Waals surface area contributed by atoms with Crippen LogP contribution in [0.5, 0.6) is 0 Å². The van der Waals surface area contributed by atoms with Crippen LogP contribution in [0, 0.1) is 12.8 Å². The van der Waals surface area contributed by atoms with Gasteiger partial charge in [-0.3, -0.25) is 9.78 Å². The highest BCUT2D eigenvalue weighted by Gasteiger charge is 2.32. The molecule has 1 fully saturated rings. The number of hydrogen-bond acceptors (Lipinski definition) is 3. The first-order valence-electron chi connectivity index (χ1n) is 8.14. The number of benzene rings is 1. The molecule has 1 aromatic carbocycles. The number of aryl methyl sites for hydroxylation is 1. The number of nitrogens with zero attached hydrogens (tertiary/aromatic N) is 1. The minimum absolute atomic E-state index is 0.0701. The first kappa shape index (κ1) is 15.7. The average Bonchev–Trinajstić information content (AvgIpc) is 3.40. The fourth-order valence-corrected chi connectivity index (χ4v) is 2.88. The lowest BCUT2D eigenvalue weighted by atomic mass is 10.1. The zero-order valence-corrected chi connectivity index (χ0v) is 13.3. The monoisotopic (exact) mass is 310 g/mol. The zero-order valence-electron chi connectivity index (χ0n) is 13.3. The first-order chi connectivity index (χ1) is 11.2. The number of aliphatic hydroxyl groups excluding tert-OH is 1. The third-order valence-electron chi connectivity index (χ3n) is 4.35. The molecule has 1 atom stereocenters. The van der Waals surface area contributed by atoms with E-state index in [1.165, 1.54) is 0 Å². The lowest BCUT2D eigenvalue weighted by molar-refractivity contribution is 0.0923. The van der Waals surface area contributed by atoms with Crippen LogP contribution in [-0.2, 0) is 0 Å². The molecule has 0 bridgehead atoms. The van der Waals surface area contributed by atoms with Gasteiger partial charge in [0.25, 0.3) is 5.91 Å². The van der Waals surface area contributed by atoms with Crippen LogP contribution in [0.25, 0.3) is 11.3 Å². The summed E-state index contributed by atoms with van der Waals surface area (Å²) in [5.74, 6) is 0.419. The lowest BCUT2D eigenvalue weighted by Gasteiger charge is -2.18. The molecule has 1 aliphatic carbocycles. The van der Waals surface area contributed by atoms with E-state index in [0.29, 0.717) is 17.9 Å². The second kappa shape index (κ2) is 6.92. The predicted octanol–water partition coefficient (Wildman–Crippen LogP) is 2.95. The van der Waals surface area contributed by atoms with Crippen molar-refractivity contribution in [2.75, 3.05) is 6.61 Å². The van der Waals surface area contributed by atoms with Crippen molar-refractivity contribution >= 4 is 5.91 Å². The molecule has 0 spiro atoms. The summed E-state index contributed by atoms with van der Waals surface area (Å²) in [6, 6.07) is 13.7. The Morgan fingerprint density at radius 3 is 2.61 bits per heavy atom. The van der Waals surface area contributed by atoms with Crippen LogP contribution in [0.2, 0.25) is 0 Å². The second-order valence-electron chi connectivity index (χ2n) is 6.13. The molecule has 1 heterocycles. The topological polar surface area (TPSA) is 62.2 Å². The van der Waals surface area contributed by atoms with Crippen LogP contribution in [0.15, 0.2) is 42.5 Å². The van der Waals surface area contributed by atoms with Crippen LogP contribution in [0.3, 0.4) is 0 Å². The molecule has 4 heteroatoms. The van der Waals surface area contributed by atoms with E-state index < -0.39 is 0 Å². The van der Waals surface area contributed by atoms with E-state index in [1.54, 1.807) is 0 Å². The number of pyridine rings is 1. The van der Waals surface area contributed by atoms with Crippen LogP contribution in [0.1, 0.15) is 35.3 Å². The average molecular weight is 310 g/mol. The van der Waals surface area contributed by atoms with E-state index in [-0.39, 0.29) is 18.6 Å². The van der Waals surface area contributed by atoms with Crippen molar-refractivity contribution in [2.45, 2.75) is 32.2 Å². The molecule has 0 radical (unpaired) electrons. The molecule has 2 aromatic rings. The summed E-state index contributed by atoms with van der Waals surface area (Å²) in [6.07, 6.45) is 2.88. The summed E-state index contributed by atoms with van der Waals surface area (Å²) in [5.41, 5.74) is 3.24. The fourth-order valence-electron chi connectivity index (χ4n) is 2.88. The van der Waals surface area contributed by atoms with Crippen molar-refractivity contribution < 1.29 is 9.90 Å². The zero-order chi connectivity index (χ0) is 16.2. The molecule has 0 saturated heterocycles. The van der Waals surface area contributed by atoms with E-state index in [1.807, 2.05) is 49.4 Å². The van der Waals surface area contributed by atoms with Crippen molar-refractivity contribution in [2.24, 2.45) is 5.92 Å². The Bertz CT molecular complexity index is 681. The van der Waals surface area contributed by atoms with Gasteiger partial charge in [-0.25, -0.2) is 0 Å². The maximum absolute atomic E-state index is 12.5. The lowest BCUT2D eigenvalue weighted by Crippen LogP contribution is -2.37. The minimum atomic E-state index is -0.0973. The Kier molecular flexibility index (Phi) is 4.72. The molecule has 3 rings (SSSR count). The standard InChI is InChI=1S/C19H22N2O2/c1-13-16(19(23)21-18(11-12-22)15-7-8-15)9-10-17(20-13)14-5-3-2-4-6-14/h2-6,9-10,15,18,22H,7-8,11-12H2,1H3,(H,21,23). The molecular formula is C19H22N2O2. The van der Waals surface area contributed by atoms with Gasteiger partial charge in [-0.05, 0) is 44.2 Å². The normalized spacial score (nSPS) is 15.2. The summed E-state index contributed by atoms with van der Waals surface area (Å²) < 4.78 is 0. The van der Waals surface area contributed by atoms with E-state index in [4.69, 9.17) is 5.11 Å². The maximum Gasteiger partial charge on any atom is 0.253 e. The molecule has 1 amide bonds. The highest BCUT2D eigenvalue weighted by Crippen LogP contribution is 2.34. The Morgan fingerprint density at radius 1 is 1.26 bits per heavy atom. The number of carbonyl (C=O) groups is 1. The second-order valence-corrected chi connectivity index (χ2v) is 6.13. The number of nitrogens with one attached hydrogen (secondary N) is 1. The van der Waals surface area contributed by atoms with Crippen molar-refractivity contribution in [1.82, 2.24) is 10.3 Å². The van der Waals surface area contributed by atoms with Crippen LogP contribution < -0.4 is 5.32 Å². The third-order valence-corrected chi connectivity index (χ3v) is 4.35. The number of hydrogen-bond donors (Lipinski definition) is 2. The molecule has 0 aliphatic heterocycles. The van der Waals surface area contributed by atoms with Crippen LogP contribution >= 0.6 is 0 Å². The molecule has 1 saturated carbocycles.